The number of rotatable bonds is 3. The maximum atomic E-state index is 5.86. The molecule has 0 atom stereocenters. The van der Waals surface area contributed by atoms with Crippen LogP contribution in [0.15, 0.2) is 47.6 Å². The highest BCUT2D eigenvalue weighted by Crippen LogP contribution is 2.29. The van der Waals surface area contributed by atoms with Gasteiger partial charge in [-0.05, 0) is 29.8 Å². The first-order chi connectivity index (χ1) is 7.75. The van der Waals surface area contributed by atoms with Crippen LogP contribution in [0.5, 0.6) is 0 Å². The minimum atomic E-state index is 0.670. The van der Waals surface area contributed by atoms with Gasteiger partial charge in [-0.15, -0.1) is 11.8 Å². The van der Waals surface area contributed by atoms with E-state index in [4.69, 9.17) is 17.3 Å². The number of hydrogen-bond acceptors (Lipinski definition) is 3. The van der Waals surface area contributed by atoms with Crippen molar-refractivity contribution in [3.63, 3.8) is 0 Å². The molecule has 4 heteroatoms. The Morgan fingerprint density at radius 1 is 1.31 bits per heavy atom. The van der Waals surface area contributed by atoms with Crippen LogP contribution in [0.3, 0.4) is 0 Å². The monoisotopic (exact) mass is 250 g/mol. The van der Waals surface area contributed by atoms with E-state index >= 15 is 0 Å². The fraction of sp³-hybridized carbons (Fsp3) is 0.0833. The van der Waals surface area contributed by atoms with Crippen molar-refractivity contribution >= 4 is 29.1 Å². The first-order valence-corrected chi connectivity index (χ1v) is 6.19. The fourth-order valence-electron chi connectivity index (χ4n) is 1.30. The average Bonchev–Trinajstić information content (AvgIpc) is 2.29. The predicted molar refractivity (Wildman–Crippen MR) is 69.7 cm³/mol. The lowest BCUT2D eigenvalue weighted by molar-refractivity contribution is 1.25. The Labute approximate surface area is 104 Å². The normalized spacial score (nSPS) is 10.3. The smallest absolute Gasteiger partial charge is 0.0467 e. The van der Waals surface area contributed by atoms with Crippen molar-refractivity contribution in [1.29, 1.82) is 0 Å². The summed E-state index contributed by atoms with van der Waals surface area (Å²) in [6.45, 7) is 0. The van der Waals surface area contributed by atoms with Crippen LogP contribution in [0.4, 0.5) is 5.69 Å². The second-order valence-corrected chi connectivity index (χ2v) is 4.79. The first-order valence-electron chi connectivity index (χ1n) is 4.82. The van der Waals surface area contributed by atoms with Crippen molar-refractivity contribution in [1.82, 2.24) is 4.98 Å². The Bertz CT molecular complexity index is 474. The van der Waals surface area contributed by atoms with Crippen LogP contribution >= 0.6 is 23.4 Å². The van der Waals surface area contributed by atoms with Crippen molar-refractivity contribution in [2.45, 2.75) is 10.6 Å². The lowest BCUT2D eigenvalue weighted by Crippen LogP contribution is -1.89. The van der Waals surface area contributed by atoms with Crippen LogP contribution in [0.2, 0.25) is 5.02 Å². The van der Waals surface area contributed by atoms with E-state index in [9.17, 15) is 0 Å². The number of thioether (sulfide) groups is 1. The van der Waals surface area contributed by atoms with Gasteiger partial charge in [0.2, 0.25) is 0 Å². The van der Waals surface area contributed by atoms with E-state index in [1.54, 1.807) is 24.0 Å². The number of benzene rings is 1. The summed E-state index contributed by atoms with van der Waals surface area (Å²) in [6, 6.07) is 9.54. The maximum absolute atomic E-state index is 5.86. The number of nitrogens with two attached hydrogens (primary N) is 1. The molecule has 0 bridgehead atoms. The average molecular weight is 251 g/mol. The number of nitrogen functional groups attached to an aromatic ring is 1. The third kappa shape index (κ3) is 2.90. The summed E-state index contributed by atoms with van der Waals surface area (Å²) in [4.78, 5) is 5.12. The second-order valence-electron chi connectivity index (χ2n) is 3.33. The zero-order valence-corrected chi connectivity index (χ0v) is 10.1. The van der Waals surface area contributed by atoms with E-state index in [2.05, 4.69) is 4.98 Å². The summed E-state index contributed by atoms with van der Waals surface area (Å²) < 4.78 is 0. The molecule has 0 saturated heterocycles. The highest BCUT2D eigenvalue weighted by atomic mass is 35.5. The summed E-state index contributed by atoms with van der Waals surface area (Å²) in [6.07, 6.45) is 3.63. The van der Waals surface area contributed by atoms with Crippen LogP contribution in [0.25, 0.3) is 0 Å². The number of pyridine rings is 1. The van der Waals surface area contributed by atoms with Gasteiger partial charge in [0.1, 0.15) is 0 Å². The molecule has 0 aliphatic carbocycles. The zero-order valence-electron chi connectivity index (χ0n) is 8.56. The fourth-order valence-corrected chi connectivity index (χ4v) is 2.36. The van der Waals surface area contributed by atoms with Gasteiger partial charge in [-0.1, -0.05) is 17.7 Å². The Morgan fingerprint density at radius 3 is 2.88 bits per heavy atom. The minimum Gasteiger partial charge on any atom is -0.398 e. The van der Waals surface area contributed by atoms with Crippen LogP contribution < -0.4 is 5.73 Å². The van der Waals surface area contributed by atoms with Crippen molar-refractivity contribution < 1.29 is 0 Å². The Balaban J connectivity index is 2.05. The zero-order chi connectivity index (χ0) is 11.4. The Hall–Kier alpha value is -1.19. The molecule has 0 aliphatic rings. The molecule has 2 N–H and O–H groups in total. The minimum absolute atomic E-state index is 0.670. The lowest BCUT2D eigenvalue weighted by Gasteiger charge is -2.05. The molecule has 1 aromatic carbocycles. The predicted octanol–water partition coefficient (Wildman–Crippen LogP) is 3.61. The van der Waals surface area contributed by atoms with Gasteiger partial charge in [0.15, 0.2) is 0 Å². The van der Waals surface area contributed by atoms with Gasteiger partial charge in [-0.2, -0.15) is 0 Å². The third-order valence-electron chi connectivity index (χ3n) is 2.09. The van der Waals surface area contributed by atoms with E-state index in [0.717, 1.165) is 16.3 Å². The molecule has 0 aliphatic heterocycles. The topological polar surface area (TPSA) is 38.9 Å². The van der Waals surface area contributed by atoms with Gasteiger partial charge in [0, 0.05) is 33.8 Å². The van der Waals surface area contributed by atoms with E-state index in [1.807, 2.05) is 30.5 Å². The summed E-state index contributed by atoms with van der Waals surface area (Å²) in [7, 11) is 0. The summed E-state index contributed by atoms with van der Waals surface area (Å²) >= 11 is 7.52. The molecule has 82 valence electrons. The van der Waals surface area contributed by atoms with Gasteiger partial charge < -0.3 is 5.73 Å². The number of halogens is 1. The summed E-state index contributed by atoms with van der Waals surface area (Å²) in [5, 5.41) is 0.670. The Kier molecular flexibility index (Phi) is 3.70. The molecule has 16 heavy (non-hydrogen) atoms. The third-order valence-corrected chi connectivity index (χ3v) is 3.48. The van der Waals surface area contributed by atoms with Crippen LogP contribution in [-0.4, -0.2) is 4.98 Å². The highest BCUT2D eigenvalue weighted by Gasteiger charge is 2.01. The van der Waals surface area contributed by atoms with Crippen molar-refractivity contribution in [3.8, 4) is 0 Å². The molecule has 1 aromatic heterocycles. The molecule has 0 saturated carbocycles. The molecule has 2 rings (SSSR count). The lowest BCUT2D eigenvalue weighted by atomic mass is 10.3. The second kappa shape index (κ2) is 5.23. The van der Waals surface area contributed by atoms with E-state index in [1.165, 1.54) is 5.56 Å². The first kappa shape index (κ1) is 11.3. The van der Waals surface area contributed by atoms with E-state index in [-0.39, 0.29) is 0 Å². The van der Waals surface area contributed by atoms with Gasteiger partial charge >= 0.3 is 0 Å². The molecule has 0 fully saturated rings. The standard InChI is InChI=1S/C12H11ClN2S/c13-10-3-4-12(11(14)6-10)16-8-9-2-1-5-15-7-9/h1-7H,8,14H2. The Morgan fingerprint density at radius 2 is 2.19 bits per heavy atom. The quantitative estimate of drug-likeness (QED) is 0.668. The molecule has 0 unspecified atom stereocenters. The molecule has 0 radical (unpaired) electrons. The summed E-state index contributed by atoms with van der Waals surface area (Å²) in [5.74, 6) is 0.861. The van der Waals surface area contributed by atoms with Crippen molar-refractivity contribution in [3.05, 3.63) is 53.3 Å². The maximum Gasteiger partial charge on any atom is 0.0467 e. The van der Waals surface area contributed by atoms with Gasteiger partial charge in [0.05, 0.1) is 0 Å². The SMILES string of the molecule is Nc1cc(Cl)ccc1SCc1cccnc1. The molecular formula is C12H11ClN2S. The largest absolute Gasteiger partial charge is 0.398 e. The molecular weight excluding hydrogens is 240 g/mol. The van der Waals surface area contributed by atoms with Crippen LogP contribution in [-0.2, 0) is 5.75 Å². The van der Waals surface area contributed by atoms with Crippen LogP contribution in [0.1, 0.15) is 5.56 Å². The highest BCUT2D eigenvalue weighted by molar-refractivity contribution is 7.98. The number of hydrogen-bond donors (Lipinski definition) is 1. The van der Waals surface area contributed by atoms with E-state index in [0.29, 0.717) is 5.02 Å². The van der Waals surface area contributed by atoms with E-state index < -0.39 is 0 Å². The number of nitrogens with zero attached hydrogens (tertiary/aromatic N) is 1. The number of aromatic nitrogens is 1. The molecule has 2 nitrogen and oxygen atoms in total. The van der Waals surface area contributed by atoms with Crippen LogP contribution in [0, 0.1) is 0 Å². The summed E-state index contributed by atoms with van der Waals surface area (Å²) in [5.41, 5.74) is 7.77. The molecule has 0 spiro atoms. The number of anilines is 1. The van der Waals surface area contributed by atoms with Gasteiger partial charge in [-0.3, -0.25) is 4.98 Å². The van der Waals surface area contributed by atoms with Crippen molar-refractivity contribution in [2.75, 3.05) is 5.73 Å². The van der Waals surface area contributed by atoms with Crippen molar-refractivity contribution in [2.24, 2.45) is 0 Å². The van der Waals surface area contributed by atoms with Gasteiger partial charge in [-0.25, -0.2) is 0 Å². The molecule has 1 heterocycles. The molecule has 2 aromatic rings. The molecule has 0 amide bonds. The van der Waals surface area contributed by atoms with Gasteiger partial charge in [0.25, 0.3) is 0 Å².